The van der Waals surface area contributed by atoms with Crippen LogP contribution in [0.5, 0.6) is 23.0 Å². The zero-order valence-electron chi connectivity index (χ0n) is 14.6. The smallest absolute Gasteiger partial charge is 0.298 e. The van der Waals surface area contributed by atoms with Gasteiger partial charge in [0, 0.05) is 11.6 Å². The zero-order valence-corrected chi connectivity index (χ0v) is 15.4. The summed E-state index contributed by atoms with van der Waals surface area (Å²) in [6.07, 6.45) is 1.61. The number of thioether (sulfide) groups is 1. The molecule has 0 aliphatic carbocycles. The van der Waals surface area contributed by atoms with Crippen molar-refractivity contribution in [2.24, 2.45) is 0 Å². The van der Waals surface area contributed by atoms with Crippen LogP contribution in [0.25, 0.3) is 6.08 Å². The minimum absolute atomic E-state index is 0.131. The normalized spacial score (nSPS) is 17.0. The van der Waals surface area contributed by atoms with Crippen LogP contribution in [0.15, 0.2) is 41.3 Å². The molecule has 0 spiro atoms. The van der Waals surface area contributed by atoms with Crippen LogP contribution < -0.4 is 23.8 Å². The number of fused-ring (bicyclic) bond motifs is 1. The lowest BCUT2D eigenvalue weighted by molar-refractivity contribution is -0.113. The lowest BCUT2D eigenvalue weighted by Gasteiger charge is -2.15. The molecule has 0 unspecified atom stereocenters. The first-order valence-corrected chi connectivity index (χ1v) is 8.82. The summed E-state index contributed by atoms with van der Waals surface area (Å²) < 4.78 is 21.4. The summed E-state index contributed by atoms with van der Waals surface area (Å²) in [5, 5.41) is -0.393. The van der Waals surface area contributed by atoms with E-state index >= 15 is 0 Å². The third kappa shape index (κ3) is 2.97. The van der Waals surface area contributed by atoms with Crippen molar-refractivity contribution in [3.8, 4) is 23.0 Å². The third-order valence-corrected chi connectivity index (χ3v) is 5.00. The Morgan fingerprint density at radius 3 is 2.48 bits per heavy atom. The van der Waals surface area contributed by atoms with Crippen LogP contribution in [0.3, 0.4) is 0 Å². The van der Waals surface area contributed by atoms with Crippen LogP contribution in [0.2, 0.25) is 0 Å². The molecule has 0 atom stereocenters. The van der Waals surface area contributed by atoms with Gasteiger partial charge in [-0.2, -0.15) is 0 Å². The molecule has 2 aromatic carbocycles. The number of anilines is 1. The van der Waals surface area contributed by atoms with Crippen molar-refractivity contribution >= 4 is 34.7 Å². The Kier molecular flexibility index (Phi) is 4.41. The number of methoxy groups -OCH3 is 2. The molecule has 0 aromatic heterocycles. The highest BCUT2D eigenvalue weighted by Gasteiger charge is 2.38. The topological polar surface area (TPSA) is 74.3 Å². The van der Waals surface area contributed by atoms with Gasteiger partial charge in [0.15, 0.2) is 11.5 Å². The van der Waals surface area contributed by atoms with E-state index in [9.17, 15) is 9.59 Å². The van der Waals surface area contributed by atoms with Crippen LogP contribution >= 0.6 is 11.8 Å². The highest BCUT2D eigenvalue weighted by atomic mass is 32.2. The van der Waals surface area contributed by atoms with E-state index in [0.717, 1.165) is 16.7 Å². The molecule has 1 saturated heterocycles. The molecule has 2 amide bonds. The minimum atomic E-state index is -0.422. The van der Waals surface area contributed by atoms with E-state index in [0.29, 0.717) is 34.2 Å². The number of hydrogen-bond acceptors (Lipinski definition) is 7. The third-order valence-electron chi connectivity index (χ3n) is 4.13. The molecular formula is C19H15NO6S. The molecule has 2 heterocycles. The van der Waals surface area contributed by atoms with Gasteiger partial charge in [0.05, 0.1) is 24.8 Å². The second kappa shape index (κ2) is 6.88. The van der Waals surface area contributed by atoms with E-state index in [-0.39, 0.29) is 11.7 Å². The van der Waals surface area contributed by atoms with Gasteiger partial charge in [-0.05, 0) is 36.0 Å². The Bertz CT molecular complexity index is 971. The van der Waals surface area contributed by atoms with Crippen molar-refractivity contribution in [1.29, 1.82) is 0 Å². The quantitative estimate of drug-likeness (QED) is 0.744. The summed E-state index contributed by atoms with van der Waals surface area (Å²) in [6, 6.07) is 10.3. The molecule has 2 aliphatic rings. The molecule has 4 rings (SSSR count). The number of carbonyl (C=O) groups excluding carboxylic acids is 2. The zero-order chi connectivity index (χ0) is 19.0. The van der Waals surface area contributed by atoms with Crippen molar-refractivity contribution in [3.63, 3.8) is 0 Å². The number of rotatable bonds is 4. The largest absolute Gasteiger partial charge is 0.496 e. The summed E-state index contributed by atoms with van der Waals surface area (Å²) in [5.74, 6) is 1.68. The molecule has 0 radical (unpaired) electrons. The minimum Gasteiger partial charge on any atom is -0.496 e. The first kappa shape index (κ1) is 17.3. The molecular weight excluding hydrogens is 370 g/mol. The molecule has 27 heavy (non-hydrogen) atoms. The van der Waals surface area contributed by atoms with Gasteiger partial charge in [-0.15, -0.1) is 0 Å². The average molecular weight is 385 g/mol. The molecule has 0 bridgehead atoms. The number of imide groups is 1. The number of hydrogen-bond donors (Lipinski definition) is 0. The molecule has 2 aromatic rings. The van der Waals surface area contributed by atoms with Crippen molar-refractivity contribution in [3.05, 3.63) is 46.9 Å². The molecule has 0 N–H and O–H groups in total. The van der Waals surface area contributed by atoms with Gasteiger partial charge < -0.3 is 18.9 Å². The maximum Gasteiger partial charge on any atom is 0.298 e. The fraction of sp³-hybridized carbons (Fsp3) is 0.158. The fourth-order valence-corrected chi connectivity index (χ4v) is 3.68. The highest BCUT2D eigenvalue weighted by Crippen LogP contribution is 2.42. The van der Waals surface area contributed by atoms with Gasteiger partial charge in [0.2, 0.25) is 6.79 Å². The summed E-state index contributed by atoms with van der Waals surface area (Å²) in [7, 11) is 3.01. The maximum atomic E-state index is 12.9. The van der Waals surface area contributed by atoms with Crippen LogP contribution in [0.4, 0.5) is 10.5 Å². The summed E-state index contributed by atoms with van der Waals surface area (Å²) in [6.45, 7) is 0.131. The Labute approximate surface area is 159 Å². The monoisotopic (exact) mass is 385 g/mol. The van der Waals surface area contributed by atoms with E-state index in [1.54, 1.807) is 42.5 Å². The van der Waals surface area contributed by atoms with Crippen molar-refractivity contribution in [2.75, 3.05) is 25.9 Å². The Morgan fingerprint density at radius 1 is 1.04 bits per heavy atom. The molecule has 1 fully saturated rings. The second-order valence-corrected chi connectivity index (χ2v) is 6.63. The molecule has 7 nitrogen and oxygen atoms in total. The summed E-state index contributed by atoms with van der Waals surface area (Å²) >= 11 is 0.858. The standard InChI is InChI=1S/C19H15NO6S/c1-23-13-6-4-3-5-12(13)20-18(21)17(27-19(20)22)8-11-7-15-16(26-10-25-15)9-14(11)24-2/h3-9H,10H2,1-2H3. The van der Waals surface area contributed by atoms with Gasteiger partial charge in [-0.3, -0.25) is 9.59 Å². The van der Waals surface area contributed by atoms with E-state index in [2.05, 4.69) is 0 Å². The first-order valence-electron chi connectivity index (χ1n) is 8.01. The highest BCUT2D eigenvalue weighted by molar-refractivity contribution is 8.19. The van der Waals surface area contributed by atoms with E-state index < -0.39 is 11.1 Å². The molecule has 138 valence electrons. The lowest BCUT2D eigenvalue weighted by atomic mass is 10.1. The van der Waals surface area contributed by atoms with Gasteiger partial charge in [0.25, 0.3) is 11.1 Å². The van der Waals surface area contributed by atoms with Crippen molar-refractivity contribution < 1.29 is 28.5 Å². The number of nitrogens with zero attached hydrogens (tertiary/aromatic N) is 1. The van der Waals surface area contributed by atoms with Crippen molar-refractivity contribution in [2.45, 2.75) is 0 Å². The van der Waals surface area contributed by atoms with E-state index in [1.807, 2.05) is 0 Å². The second-order valence-electron chi connectivity index (χ2n) is 5.64. The number of carbonyl (C=O) groups is 2. The maximum absolute atomic E-state index is 12.9. The first-order chi connectivity index (χ1) is 13.1. The number of para-hydroxylation sites is 2. The predicted octanol–water partition coefficient (Wildman–Crippen LogP) is 3.67. The summed E-state index contributed by atoms with van der Waals surface area (Å²) in [4.78, 5) is 26.8. The predicted molar refractivity (Wildman–Crippen MR) is 101 cm³/mol. The van der Waals surface area contributed by atoms with Crippen molar-refractivity contribution in [1.82, 2.24) is 0 Å². The lowest BCUT2D eigenvalue weighted by Crippen LogP contribution is -2.28. The molecule has 2 aliphatic heterocycles. The Morgan fingerprint density at radius 2 is 1.74 bits per heavy atom. The number of amides is 2. The number of benzene rings is 2. The van der Waals surface area contributed by atoms with E-state index in [1.165, 1.54) is 14.2 Å². The Hall–Kier alpha value is -3.13. The van der Waals surface area contributed by atoms with E-state index in [4.69, 9.17) is 18.9 Å². The van der Waals surface area contributed by atoms with Gasteiger partial charge in [-0.25, -0.2) is 4.90 Å². The van der Waals surface area contributed by atoms with Gasteiger partial charge in [-0.1, -0.05) is 12.1 Å². The molecule has 8 heteroatoms. The summed E-state index contributed by atoms with van der Waals surface area (Å²) in [5.41, 5.74) is 1.02. The SMILES string of the molecule is COc1cc2c(cc1C=C1SC(=O)N(c3ccccc3OC)C1=O)OCO2. The van der Waals surface area contributed by atoms with Crippen LogP contribution in [-0.4, -0.2) is 32.2 Å². The average Bonchev–Trinajstić information content (AvgIpc) is 3.24. The van der Waals surface area contributed by atoms with Crippen LogP contribution in [-0.2, 0) is 4.79 Å². The van der Waals surface area contributed by atoms with Crippen LogP contribution in [0, 0.1) is 0 Å². The van der Waals surface area contributed by atoms with Gasteiger partial charge in [0.1, 0.15) is 11.5 Å². The molecule has 0 saturated carbocycles. The Balaban J connectivity index is 1.72. The number of ether oxygens (including phenoxy) is 4. The van der Waals surface area contributed by atoms with Gasteiger partial charge >= 0.3 is 0 Å². The van der Waals surface area contributed by atoms with Crippen LogP contribution in [0.1, 0.15) is 5.56 Å². The fourth-order valence-electron chi connectivity index (χ4n) is 2.86.